The van der Waals surface area contributed by atoms with Crippen LogP contribution in [0.5, 0.6) is 0 Å². The van der Waals surface area contributed by atoms with Gasteiger partial charge in [-0.25, -0.2) is 0 Å². The summed E-state index contributed by atoms with van der Waals surface area (Å²) in [6, 6.07) is 11.6. The van der Waals surface area contributed by atoms with E-state index in [1.807, 2.05) is 0 Å². The summed E-state index contributed by atoms with van der Waals surface area (Å²) in [6.07, 6.45) is -1.76. The van der Waals surface area contributed by atoms with Crippen molar-refractivity contribution in [2.45, 2.75) is 6.18 Å². The summed E-state index contributed by atoms with van der Waals surface area (Å²) in [7, 11) is 0. The zero-order valence-electron chi connectivity index (χ0n) is 10.7. The topological polar surface area (TPSA) is 17.1 Å². The molecule has 0 saturated heterocycles. The third-order valence-electron chi connectivity index (χ3n) is 2.75. The van der Waals surface area contributed by atoms with Gasteiger partial charge in [0.1, 0.15) is 0 Å². The molecule has 0 aromatic heterocycles. The second kappa shape index (κ2) is 6.26. The number of ketones is 1. The van der Waals surface area contributed by atoms with Crippen LogP contribution in [0, 0.1) is 0 Å². The molecular formula is C16H10BrF3O. The molecule has 2 aromatic carbocycles. The molecule has 0 aliphatic heterocycles. The predicted octanol–water partition coefficient (Wildman–Crippen LogP) is 5.36. The molecule has 0 bridgehead atoms. The summed E-state index contributed by atoms with van der Waals surface area (Å²) in [6.45, 7) is 0. The molecule has 1 nitrogen and oxygen atoms in total. The van der Waals surface area contributed by atoms with Crippen molar-refractivity contribution >= 4 is 27.8 Å². The number of alkyl halides is 3. The van der Waals surface area contributed by atoms with E-state index in [-0.39, 0.29) is 5.78 Å². The lowest BCUT2D eigenvalue weighted by Crippen LogP contribution is -2.04. The van der Waals surface area contributed by atoms with E-state index in [1.54, 1.807) is 24.3 Å². The van der Waals surface area contributed by atoms with Crippen LogP contribution in [0.3, 0.4) is 0 Å². The van der Waals surface area contributed by atoms with Crippen molar-refractivity contribution in [3.63, 3.8) is 0 Å². The SMILES string of the molecule is O=C(C=Cc1cccc(C(F)(F)F)c1)c1cccc(Br)c1. The minimum Gasteiger partial charge on any atom is -0.289 e. The van der Waals surface area contributed by atoms with Gasteiger partial charge in [0.2, 0.25) is 0 Å². The molecule has 0 aliphatic rings. The highest BCUT2D eigenvalue weighted by Crippen LogP contribution is 2.29. The summed E-state index contributed by atoms with van der Waals surface area (Å²) in [5.41, 5.74) is 0.0559. The number of hydrogen-bond acceptors (Lipinski definition) is 1. The minimum absolute atomic E-state index is 0.270. The van der Waals surface area contributed by atoms with Gasteiger partial charge in [-0.3, -0.25) is 4.79 Å². The monoisotopic (exact) mass is 354 g/mol. The van der Waals surface area contributed by atoms with Crippen molar-refractivity contribution < 1.29 is 18.0 Å². The minimum atomic E-state index is -4.39. The summed E-state index contributed by atoms with van der Waals surface area (Å²) >= 11 is 3.26. The van der Waals surface area contributed by atoms with Gasteiger partial charge >= 0.3 is 6.18 Å². The Morgan fingerprint density at radius 3 is 2.43 bits per heavy atom. The maximum atomic E-state index is 12.6. The lowest BCUT2D eigenvalue weighted by molar-refractivity contribution is -0.137. The van der Waals surface area contributed by atoms with E-state index in [1.165, 1.54) is 24.3 Å². The largest absolute Gasteiger partial charge is 0.416 e. The van der Waals surface area contributed by atoms with Crippen LogP contribution < -0.4 is 0 Å². The van der Waals surface area contributed by atoms with Crippen molar-refractivity contribution in [1.29, 1.82) is 0 Å². The van der Waals surface area contributed by atoms with Crippen LogP contribution >= 0.6 is 15.9 Å². The van der Waals surface area contributed by atoms with E-state index >= 15 is 0 Å². The molecule has 0 unspecified atom stereocenters. The normalized spacial score (nSPS) is 11.8. The third kappa shape index (κ3) is 4.29. The Balaban J connectivity index is 2.20. The first-order valence-electron chi connectivity index (χ1n) is 6.01. The maximum Gasteiger partial charge on any atom is 0.416 e. The Morgan fingerprint density at radius 1 is 1.05 bits per heavy atom. The molecule has 2 aromatic rings. The van der Waals surface area contributed by atoms with Crippen molar-refractivity contribution in [3.8, 4) is 0 Å². The zero-order chi connectivity index (χ0) is 15.5. The van der Waals surface area contributed by atoms with E-state index in [2.05, 4.69) is 15.9 Å². The summed E-state index contributed by atoms with van der Waals surface area (Å²) in [4.78, 5) is 11.9. The van der Waals surface area contributed by atoms with Crippen molar-refractivity contribution in [1.82, 2.24) is 0 Å². The number of allylic oxidation sites excluding steroid dienone is 1. The molecule has 0 spiro atoms. The lowest BCUT2D eigenvalue weighted by Gasteiger charge is -2.06. The standard InChI is InChI=1S/C16H10BrF3O/c17-14-6-2-4-12(10-14)15(21)8-7-11-3-1-5-13(9-11)16(18,19)20/h1-10H. The van der Waals surface area contributed by atoms with Gasteiger partial charge < -0.3 is 0 Å². The van der Waals surface area contributed by atoms with Gasteiger partial charge in [-0.2, -0.15) is 13.2 Å². The molecule has 0 N–H and O–H groups in total. The average molecular weight is 355 g/mol. The van der Waals surface area contributed by atoms with Crippen molar-refractivity contribution in [2.24, 2.45) is 0 Å². The molecule has 21 heavy (non-hydrogen) atoms. The Bertz CT molecular complexity index is 690. The highest BCUT2D eigenvalue weighted by atomic mass is 79.9. The van der Waals surface area contributed by atoms with Gasteiger partial charge in [0.15, 0.2) is 5.78 Å². The first-order valence-corrected chi connectivity index (χ1v) is 6.81. The van der Waals surface area contributed by atoms with Crippen LogP contribution in [-0.2, 0) is 6.18 Å². The van der Waals surface area contributed by atoms with Gasteiger partial charge in [-0.05, 0) is 35.9 Å². The first-order chi connectivity index (χ1) is 9.86. The fraction of sp³-hybridized carbons (Fsp3) is 0.0625. The number of rotatable bonds is 3. The Morgan fingerprint density at radius 2 is 1.76 bits per heavy atom. The molecule has 0 aliphatic carbocycles. The van der Waals surface area contributed by atoms with E-state index < -0.39 is 11.7 Å². The van der Waals surface area contributed by atoms with Gasteiger partial charge in [0, 0.05) is 10.0 Å². The Hall–Kier alpha value is -1.88. The van der Waals surface area contributed by atoms with Crippen molar-refractivity contribution in [2.75, 3.05) is 0 Å². The molecule has 0 atom stereocenters. The Labute approximate surface area is 128 Å². The van der Waals surface area contributed by atoms with E-state index in [9.17, 15) is 18.0 Å². The van der Waals surface area contributed by atoms with Gasteiger partial charge in [-0.1, -0.05) is 46.3 Å². The van der Waals surface area contributed by atoms with Crippen LogP contribution in [-0.4, -0.2) is 5.78 Å². The van der Waals surface area contributed by atoms with Gasteiger partial charge in [0.05, 0.1) is 5.56 Å². The van der Waals surface area contributed by atoms with Crippen LogP contribution in [0.4, 0.5) is 13.2 Å². The summed E-state index contributed by atoms with van der Waals surface area (Å²) in [5.74, 6) is -0.270. The number of halogens is 4. The average Bonchev–Trinajstić information content (AvgIpc) is 2.44. The van der Waals surface area contributed by atoms with Crippen LogP contribution in [0.15, 0.2) is 59.1 Å². The summed E-state index contributed by atoms with van der Waals surface area (Å²) in [5, 5.41) is 0. The quantitative estimate of drug-likeness (QED) is 0.535. The molecule has 0 fully saturated rings. The number of benzene rings is 2. The van der Waals surface area contributed by atoms with Crippen LogP contribution in [0.2, 0.25) is 0 Å². The second-order valence-electron chi connectivity index (χ2n) is 4.33. The number of hydrogen-bond donors (Lipinski definition) is 0. The van der Waals surface area contributed by atoms with Gasteiger partial charge in [0.25, 0.3) is 0 Å². The fourth-order valence-electron chi connectivity index (χ4n) is 1.73. The highest BCUT2D eigenvalue weighted by molar-refractivity contribution is 9.10. The zero-order valence-corrected chi connectivity index (χ0v) is 12.3. The predicted molar refractivity (Wildman–Crippen MR) is 79.0 cm³/mol. The lowest BCUT2D eigenvalue weighted by atomic mass is 10.1. The third-order valence-corrected chi connectivity index (χ3v) is 3.24. The molecule has 5 heteroatoms. The molecule has 108 valence electrons. The van der Waals surface area contributed by atoms with Gasteiger partial charge in [-0.15, -0.1) is 0 Å². The molecular weight excluding hydrogens is 345 g/mol. The molecule has 0 heterocycles. The molecule has 0 radical (unpaired) electrons. The van der Waals surface area contributed by atoms with E-state index in [4.69, 9.17) is 0 Å². The highest BCUT2D eigenvalue weighted by Gasteiger charge is 2.30. The van der Waals surface area contributed by atoms with E-state index in [0.29, 0.717) is 11.1 Å². The number of carbonyl (C=O) groups is 1. The van der Waals surface area contributed by atoms with Crippen LogP contribution in [0.1, 0.15) is 21.5 Å². The molecule has 0 amide bonds. The summed E-state index contributed by atoms with van der Waals surface area (Å²) < 4.78 is 38.5. The van der Waals surface area contributed by atoms with Crippen molar-refractivity contribution in [3.05, 3.63) is 75.8 Å². The first kappa shape index (κ1) is 15.5. The van der Waals surface area contributed by atoms with E-state index in [0.717, 1.165) is 16.6 Å². The smallest absolute Gasteiger partial charge is 0.289 e. The molecule has 0 saturated carbocycles. The number of carbonyl (C=O) groups excluding carboxylic acids is 1. The maximum absolute atomic E-state index is 12.6. The van der Waals surface area contributed by atoms with Crippen LogP contribution in [0.25, 0.3) is 6.08 Å². The second-order valence-corrected chi connectivity index (χ2v) is 5.25. The Kier molecular flexibility index (Phi) is 4.63. The molecule has 2 rings (SSSR count). The fourth-order valence-corrected chi connectivity index (χ4v) is 2.13.